The van der Waals surface area contributed by atoms with Crippen LogP contribution < -0.4 is 5.32 Å². The van der Waals surface area contributed by atoms with E-state index in [1.54, 1.807) is 32.2 Å². The highest BCUT2D eigenvalue weighted by Crippen LogP contribution is 2.12. The average molecular weight is 204 g/mol. The SMILES string of the molecule is CC(C)(C#N)C(=O)NCc1cccnn1. The van der Waals surface area contributed by atoms with Gasteiger partial charge in [-0.2, -0.15) is 15.5 Å². The number of carbonyl (C=O) groups is 1. The normalized spacial score (nSPS) is 10.5. The Morgan fingerprint density at radius 3 is 2.93 bits per heavy atom. The monoisotopic (exact) mass is 204 g/mol. The van der Waals surface area contributed by atoms with Crippen LogP contribution in [-0.4, -0.2) is 16.1 Å². The molecule has 0 spiro atoms. The van der Waals surface area contributed by atoms with Crippen LogP contribution in [0.5, 0.6) is 0 Å². The van der Waals surface area contributed by atoms with Gasteiger partial charge >= 0.3 is 0 Å². The molecule has 15 heavy (non-hydrogen) atoms. The van der Waals surface area contributed by atoms with Crippen molar-refractivity contribution in [1.82, 2.24) is 15.5 Å². The minimum atomic E-state index is -1.01. The maximum atomic E-state index is 11.5. The zero-order valence-electron chi connectivity index (χ0n) is 8.69. The standard InChI is InChI=1S/C10H12N4O/c1-10(2,7-11)9(15)12-6-8-4-3-5-13-14-8/h3-5H,6H2,1-2H3,(H,12,15). The smallest absolute Gasteiger partial charge is 0.240 e. The Kier molecular flexibility index (Phi) is 3.34. The Morgan fingerprint density at radius 1 is 1.67 bits per heavy atom. The van der Waals surface area contributed by atoms with Crippen LogP contribution in [0.2, 0.25) is 0 Å². The molecule has 0 saturated carbocycles. The number of carbonyl (C=O) groups excluding carboxylic acids is 1. The largest absolute Gasteiger partial charge is 0.349 e. The number of nitrogens with one attached hydrogen (secondary N) is 1. The van der Waals surface area contributed by atoms with E-state index in [0.29, 0.717) is 5.69 Å². The van der Waals surface area contributed by atoms with Crippen LogP contribution in [0.3, 0.4) is 0 Å². The summed E-state index contributed by atoms with van der Waals surface area (Å²) in [6.45, 7) is 3.43. The van der Waals surface area contributed by atoms with Crippen molar-refractivity contribution in [2.24, 2.45) is 5.41 Å². The fourth-order valence-corrected chi connectivity index (χ4v) is 0.870. The van der Waals surface area contributed by atoms with Crippen LogP contribution in [0.15, 0.2) is 18.3 Å². The van der Waals surface area contributed by atoms with E-state index >= 15 is 0 Å². The van der Waals surface area contributed by atoms with Gasteiger partial charge in [-0.05, 0) is 26.0 Å². The maximum Gasteiger partial charge on any atom is 0.240 e. The second-order valence-electron chi connectivity index (χ2n) is 3.63. The summed E-state index contributed by atoms with van der Waals surface area (Å²) >= 11 is 0. The van der Waals surface area contributed by atoms with Crippen molar-refractivity contribution in [3.05, 3.63) is 24.0 Å². The highest BCUT2D eigenvalue weighted by molar-refractivity contribution is 5.84. The molecule has 1 amide bonds. The van der Waals surface area contributed by atoms with Crippen molar-refractivity contribution >= 4 is 5.91 Å². The number of rotatable bonds is 3. The van der Waals surface area contributed by atoms with Crippen molar-refractivity contribution < 1.29 is 4.79 Å². The molecule has 78 valence electrons. The Morgan fingerprint density at radius 2 is 2.40 bits per heavy atom. The second-order valence-corrected chi connectivity index (χ2v) is 3.63. The van der Waals surface area contributed by atoms with Crippen molar-refractivity contribution in [2.75, 3.05) is 0 Å². The lowest BCUT2D eigenvalue weighted by molar-refractivity contribution is -0.126. The average Bonchev–Trinajstić information content (AvgIpc) is 2.27. The number of hydrogen-bond donors (Lipinski definition) is 1. The Labute approximate surface area is 88.1 Å². The first-order chi connectivity index (χ1) is 7.06. The molecule has 0 bridgehead atoms. The molecule has 0 aromatic carbocycles. The minimum absolute atomic E-state index is 0.289. The molecule has 0 fully saturated rings. The van der Waals surface area contributed by atoms with Gasteiger partial charge in [0.05, 0.1) is 18.3 Å². The molecule has 0 unspecified atom stereocenters. The number of aromatic nitrogens is 2. The first-order valence-corrected chi connectivity index (χ1v) is 4.52. The molecule has 1 heterocycles. The van der Waals surface area contributed by atoms with Gasteiger partial charge in [0.2, 0.25) is 5.91 Å². The van der Waals surface area contributed by atoms with Gasteiger partial charge in [0.1, 0.15) is 5.41 Å². The number of hydrogen-bond acceptors (Lipinski definition) is 4. The predicted molar refractivity (Wildman–Crippen MR) is 53.3 cm³/mol. The summed E-state index contributed by atoms with van der Waals surface area (Å²) in [6.07, 6.45) is 1.56. The van der Waals surface area contributed by atoms with Gasteiger partial charge in [0.15, 0.2) is 0 Å². The zero-order chi connectivity index (χ0) is 11.3. The van der Waals surface area contributed by atoms with Crippen LogP contribution >= 0.6 is 0 Å². The third kappa shape index (κ3) is 3.02. The van der Waals surface area contributed by atoms with Crippen molar-refractivity contribution in [1.29, 1.82) is 5.26 Å². The Hall–Kier alpha value is -1.96. The van der Waals surface area contributed by atoms with E-state index in [1.807, 2.05) is 6.07 Å². The molecule has 0 aliphatic carbocycles. The number of nitrogens with zero attached hydrogens (tertiary/aromatic N) is 3. The molecular formula is C10H12N4O. The van der Waals surface area contributed by atoms with Crippen LogP contribution in [0, 0.1) is 16.7 Å². The molecule has 0 radical (unpaired) electrons. The molecule has 5 nitrogen and oxygen atoms in total. The maximum absolute atomic E-state index is 11.5. The molecule has 1 N–H and O–H groups in total. The van der Waals surface area contributed by atoms with Crippen LogP contribution in [0.25, 0.3) is 0 Å². The molecular weight excluding hydrogens is 192 g/mol. The van der Waals surface area contributed by atoms with Crippen LogP contribution in [0.4, 0.5) is 0 Å². The number of amides is 1. The Bertz CT molecular complexity index is 380. The highest BCUT2D eigenvalue weighted by atomic mass is 16.2. The third-order valence-corrected chi connectivity index (χ3v) is 1.90. The summed E-state index contributed by atoms with van der Waals surface area (Å²) in [5.74, 6) is -0.310. The lowest BCUT2D eigenvalue weighted by Crippen LogP contribution is -2.35. The third-order valence-electron chi connectivity index (χ3n) is 1.90. The van der Waals surface area contributed by atoms with Gasteiger partial charge < -0.3 is 5.32 Å². The first-order valence-electron chi connectivity index (χ1n) is 4.52. The highest BCUT2D eigenvalue weighted by Gasteiger charge is 2.26. The lowest BCUT2D eigenvalue weighted by Gasteiger charge is -2.14. The second kappa shape index (κ2) is 4.51. The molecule has 0 saturated heterocycles. The summed E-state index contributed by atoms with van der Waals surface area (Å²) in [5, 5.41) is 18.8. The summed E-state index contributed by atoms with van der Waals surface area (Å²) < 4.78 is 0. The van der Waals surface area contributed by atoms with E-state index in [9.17, 15) is 4.79 Å². The van der Waals surface area contributed by atoms with E-state index in [2.05, 4.69) is 15.5 Å². The van der Waals surface area contributed by atoms with Gasteiger partial charge in [-0.1, -0.05) is 0 Å². The van der Waals surface area contributed by atoms with Crippen LogP contribution in [0.1, 0.15) is 19.5 Å². The van der Waals surface area contributed by atoms with Gasteiger partial charge in [-0.15, -0.1) is 0 Å². The molecule has 1 aromatic heterocycles. The summed E-state index contributed by atoms with van der Waals surface area (Å²) in [4.78, 5) is 11.5. The van der Waals surface area contributed by atoms with E-state index in [1.165, 1.54) is 0 Å². The summed E-state index contributed by atoms with van der Waals surface area (Å²) in [7, 11) is 0. The quantitative estimate of drug-likeness (QED) is 0.783. The van der Waals surface area contributed by atoms with Crippen LogP contribution in [-0.2, 0) is 11.3 Å². The fraction of sp³-hybridized carbons (Fsp3) is 0.400. The molecule has 1 aromatic rings. The molecule has 0 aliphatic rings. The zero-order valence-corrected chi connectivity index (χ0v) is 8.69. The van der Waals surface area contributed by atoms with Gasteiger partial charge in [-0.3, -0.25) is 4.79 Å². The lowest BCUT2D eigenvalue weighted by atomic mass is 9.95. The van der Waals surface area contributed by atoms with Crippen molar-refractivity contribution in [2.45, 2.75) is 20.4 Å². The summed E-state index contributed by atoms with van der Waals surface area (Å²) in [6, 6.07) is 5.43. The number of nitriles is 1. The fourth-order valence-electron chi connectivity index (χ4n) is 0.870. The van der Waals surface area contributed by atoms with Gasteiger partial charge in [0, 0.05) is 6.20 Å². The Balaban J connectivity index is 2.53. The molecule has 5 heteroatoms. The van der Waals surface area contributed by atoms with E-state index in [4.69, 9.17) is 5.26 Å². The summed E-state index contributed by atoms with van der Waals surface area (Å²) in [5.41, 5.74) is -0.345. The van der Waals surface area contributed by atoms with E-state index < -0.39 is 5.41 Å². The van der Waals surface area contributed by atoms with Gasteiger partial charge in [0.25, 0.3) is 0 Å². The topological polar surface area (TPSA) is 78.7 Å². The van der Waals surface area contributed by atoms with Crippen molar-refractivity contribution in [3.8, 4) is 6.07 Å². The molecule has 0 atom stereocenters. The van der Waals surface area contributed by atoms with E-state index in [-0.39, 0.29) is 12.5 Å². The van der Waals surface area contributed by atoms with Gasteiger partial charge in [-0.25, -0.2) is 0 Å². The molecule has 0 aliphatic heterocycles. The van der Waals surface area contributed by atoms with E-state index in [0.717, 1.165) is 0 Å². The minimum Gasteiger partial charge on any atom is -0.349 e. The predicted octanol–water partition coefficient (Wildman–Crippen LogP) is 0.643. The molecule has 1 rings (SSSR count). The first kappa shape index (κ1) is 11.1. The van der Waals surface area contributed by atoms with Crippen molar-refractivity contribution in [3.63, 3.8) is 0 Å².